The Labute approximate surface area is 132 Å². The molecule has 0 saturated heterocycles. The quantitative estimate of drug-likeness (QED) is 0.868. The molecular formula is C15H13F2NO4S. The fourth-order valence-electron chi connectivity index (χ4n) is 1.87. The standard InChI is InChI=1S/C15H13F2NO4S/c1-9-3-4-10(15(19)22-2)7-13(9)18-23(20,21)14-6-5-11(16)8-12(14)17/h3-8,18H,1-2H3. The monoisotopic (exact) mass is 341 g/mol. The number of hydrogen-bond donors (Lipinski definition) is 1. The van der Waals surface area contributed by atoms with Crippen LogP contribution in [0.2, 0.25) is 0 Å². The Morgan fingerprint density at radius 1 is 1.13 bits per heavy atom. The zero-order chi connectivity index (χ0) is 17.2. The van der Waals surface area contributed by atoms with Crippen LogP contribution >= 0.6 is 0 Å². The number of rotatable bonds is 4. The van der Waals surface area contributed by atoms with Crippen molar-refractivity contribution in [3.63, 3.8) is 0 Å². The first-order chi connectivity index (χ1) is 10.7. The highest BCUT2D eigenvalue weighted by Crippen LogP contribution is 2.23. The van der Waals surface area contributed by atoms with E-state index >= 15 is 0 Å². The van der Waals surface area contributed by atoms with Gasteiger partial charge in [0.2, 0.25) is 0 Å². The third-order valence-electron chi connectivity index (χ3n) is 3.09. The molecule has 0 fully saturated rings. The Kier molecular flexibility index (Phi) is 4.65. The fourth-order valence-corrected chi connectivity index (χ4v) is 3.05. The molecule has 8 heteroatoms. The van der Waals surface area contributed by atoms with Crippen LogP contribution in [0.4, 0.5) is 14.5 Å². The van der Waals surface area contributed by atoms with E-state index in [1.807, 2.05) is 0 Å². The van der Waals surface area contributed by atoms with Gasteiger partial charge in [0, 0.05) is 6.07 Å². The number of sulfonamides is 1. The second-order valence-electron chi connectivity index (χ2n) is 4.70. The van der Waals surface area contributed by atoms with Crippen LogP contribution in [0.5, 0.6) is 0 Å². The first kappa shape index (κ1) is 16.9. The molecule has 0 radical (unpaired) electrons. The second-order valence-corrected chi connectivity index (χ2v) is 6.35. The van der Waals surface area contributed by atoms with Crippen molar-refractivity contribution in [2.24, 2.45) is 0 Å². The Morgan fingerprint density at radius 3 is 2.43 bits per heavy atom. The maximum Gasteiger partial charge on any atom is 0.337 e. The summed E-state index contributed by atoms with van der Waals surface area (Å²) in [6.45, 7) is 1.61. The van der Waals surface area contributed by atoms with Gasteiger partial charge in [-0.25, -0.2) is 22.0 Å². The summed E-state index contributed by atoms with van der Waals surface area (Å²) in [6, 6.07) is 6.41. The number of benzene rings is 2. The van der Waals surface area contributed by atoms with Crippen LogP contribution < -0.4 is 4.72 Å². The lowest BCUT2D eigenvalue weighted by molar-refractivity contribution is 0.0600. The molecule has 2 aromatic carbocycles. The molecule has 5 nitrogen and oxygen atoms in total. The summed E-state index contributed by atoms with van der Waals surface area (Å²) in [5.41, 5.74) is 0.746. The molecule has 1 N–H and O–H groups in total. The molecule has 122 valence electrons. The largest absolute Gasteiger partial charge is 0.465 e. The van der Waals surface area contributed by atoms with E-state index in [0.717, 1.165) is 12.1 Å². The van der Waals surface area contributed by atoms with Gasteiger partial charge >= 0.3 is 5.97 Å². The number of carbonyl (C=O) groups is 1. The number of carbonyl (C=O) groups excluding carboxylic acids is 1. The van der Waals surface area contributed by atoms with Gasteiger partial charge in [-0.2, -0.15) is 0 Å². The van der Waals surface area contributed by atoms with Gasteiger partial charge in [0.25, 0.3) is 10.0 Å². The smallest absolute Gasteiger partial charge is 0.337 e. The van der Waals surface area contributed by atoms with Crippen LogP contribution in [0.25, 0.3) is 0 Å². The van der Waals surface area contributed by atoms with E-state index in [-0.39, 0.29) is 11.3 Å². The van der Waals surface area contributed by atoms with Crippen molar-refractivity contribution < 1.29 is 26.7 Å². The molecule has 0 saturated carbocycles. The molecule has 0 amide bonds. The first-order valence-corrected chi connectivity index (χ1v) is 7.90. The summed E-state index contributed by atoms with van der Waals surface area (Å²) < 4.78 is 57.8. The zero-order valence-corrected chi connectivity index (χ0v) is 13.1. The van der Waals surface area contributed by atoms with E-state index in [0.29, 0.717) is 11.6 Å². The molecule has 2 aromatic rings. The lowest BCUT2D eigenvalue weighted by atomic mass is 10.1. The Bertz CT molecular complexity index is 866. The highest BCUT2D eigenvalue weighted by Gasteiger charge is 2.21. The summed E-state index contributed by atoms with van der Waals surface area (Å²) >= 11 is 0. The number of anilines is 1. The van der Waals surface area contributed by atoms with Gasteiger partial charge < -0.3 is 4.74 Å². The molecule has 0 aliphatic carbocycles. The number of aryl methyl sites for hydroxylation is 1. The predicted octanol–water partition coefficient (Wildman–Crippen LogP) is 2.86. The molecular weight excluding hydrogens is 328 g/mol. The van der Waals surface area contributed by atoms with Crippen LogP contribution in [0, 0.1) is 18.6 Å². The molecule has 0 aromatic heterocycles. The van der Waals surface area contributed by atoms with Crippen LogP contribution in [-0.2, 0) is 14.8 Å². The SMILES string of the molecule is COC(=O)c1ccc(C)c(NS(=O)(=O)c2ccc(F)cc2F)c1. The van der Waals surface area contributed by atoms with Gasteiger partial charge in [0.1, 0.15) is 16.5 Å². The molecule has 0 unspecified atom stereocenters. The van der Waals surface area contributed by atoms with E-state index in [1.165, 1.54) is 25.3 Å². The number of hydrogen-bond acceptors (Lipinski definition) is 4. The van der Waals surface area contributed by atoms with Gasteiger partial charge in [0.15, 0.2) is 0 Å². The van der Waals surface area contributed by atoms with E-state index in [9.17, 15) is 22.0 Å². The van der Waals surface area contributed by atoms with Gasteiger partial charge in [-0.1, -0.05) is 6.07 Å². The van der Waals surface area contributed by atoms with E-state index < -0.39 is 32.5 Å². The van der Waals surface area contributed by atoms with Crippen molar-refractivity contribution >= 4 is 21.7 Å². The highest BCUT2D eigenvalue weighted by molar-refractivity contribution is 7.92. The Balaban J connectivity index is 2.43. The molecule has 2 rings (SSSR count). The summed E-state index contributed by atoms with van der Waals surface area (Å²) in [5.74, 6) is -2.73. The van der Waals surface area contributed by atoms with Gasteiger partial charge in [0.05, 0.1) is 18.4 Å². The van der Waals surface area contributed by atoms with Gasteiger partial charge in [-0.05, 0) is 36.8 Å². The molecule has 0 heterocycles. The predicted molar refractivity (Wildman–Crippen MR) is 79.7 cm³/mol. The molecule has 0 bridgehead atoms. The number of esters is 1. The van der Waals surface area contributed by atoms with Crippen molar-refractivity contribution in [1.29, 1.82) is 0 Å². The summed E-state index contributed by atoms with van der Waals surface area (Å²) in [6.07, 6.45) is 0. The third-order valence-corrected chi connectivity index (χ3v) is 4.49. The highest BCUT2D eigenvalue weighted by atomic mass is 32.2. The van der Waals surface area contributed by atoms with Crippen molar-refractivity contribution in [3.8, 4) is 0 Å². The molecule has 23 heavy (non-hydrogen) atoms. The van der Waals surface area contributed by atoms with Gasteiger partial charge in [-0.15, -0.1) is 0 Å². The third kappa shape index (κ3) is 3.65. The molecule has 0 aliphatic rings. The normalized spacial score (nSPS) is 11.1. The fraction of sp³-hybridized carbons (Fsp3) is 0.133. The summed E-state index contributed by atoms with van der Waals surface area (Å²) in [4.78, 5) is 10.8. The van der Waals surface area contributed by atoms with Crippen molar-refractivity contribution in [1.82, 2.24) is 0 Å². The minimum Gasteiger partial charge on any atom is -0.465 e. The molecule has 0 atom stereocenters. The lowest BCUT2D eigenvalue weighted by Crippen LogP contribution is -2.16. The van der Waals surface area contributed by atoms with Crippen LogP contribution in [0.1, 0.15) is 15.9 Å². The number of methoxy groups -OCH3 is 1. The molecule has 0 spiro atoms. The van der Waals surface area contributed by atoms with Gasteiger partial charge in [-0.3, -0.25) is 4.72 Å². The number of ether oxygens (including phenoxy) is 1. The Morgan fingerprint density at radius 2 is 1.83 bits per heavy atom. The molecule has 0 aliphatic heterocycles. The average Bonchev–Trinajstić information content (AvgIpc) is 2.48. The minimum atomic E-state index is -4.28. The van der Waals surface area contributed by atoms with Crippen LogP contribution in [0.15, 0.2) is 41.3 Å². The maximum absolute atomic E-state index is 13.7. The number of nitrogens with one attached hydrogen (secondary N) is 1. The van der Waals surface area contributed by atoms with Crippen molar-refractivity contribution in [2.45, 2.75) is 11.8 Å². The number of halogens is 2. The van der Waals surface area contributed by atoms with E-state index in [2.05, 4.69) is 9.46 Å². The van der Waals surface area contributed by atoms with Crippen LogP contribution in [0.3, 0.4) is 0 Å². The minimum absolute atomic E-state index is 0.0941. The van der Waals surface area contributed by atoms with Crippen molar-refractivity contribution in [2.75, 3.05) is 11.8 Å². The first-order valence-electron chi connectivity index (χ1n) is 6.41. The topological polar surface area (TPSA) is 72.5 Å². The maximum atomic E-state index is 13.7. The lowest BCUT2D eigenvalue weighted by Gasteiger charge is -2.12. The summed E-state index contributed by atoms with van der Waals surface area (Å²) in [5, 5.41) is 0. The van der Waals surface area contributed by atoms with Crippen molar-refractivity contribution in [3.05, 3.63) is 59.2 Å². The zero-order valence-electron chi connectivity index (χ0n) is 12.3. The second kappa shape index (κ2) is 6.33. The van der Waals surface area contributed by atoms with Crippen LogP contribution in [-0.4, -0.2) is 21.5 Å². The Hall–Kier alpha value is -2.48. The van der Waals surface area contributed by atoms with E-state index in [1.54, 1.807) is 6.92 Å². The summed E-state index contributed by atoms with van der Waals surface area (Å²) in [7, 11) is -3.08. The average molecular weight is 341 g/mol. The van der Waals surface area contributed by atoms with E-state index in [4.69, 9.17) is 0 Å².